The third-order valence-corrected chi connectivity index (χ3v) is 6.11. The molecule has 2 rings (SSSR count). The van der Waals surface area contributed by atoms with Gasteiger partial charge in [0.15, 0.2) is 0 Å². The Labute approximate surface area is 159 Å². The summed E-state index contributed by atoms with van der Waals surface area (Å²) in [6.07, 6.45) is 11.5. The Hall–Kier alpha value is -0.130. The van der Waals surface area contributed by atoms with Gasteiger partial charge < -0.3 is 5.11 Å². The molecule has 0 aromatic carbocycles. The van der Waals surface area contributed by atoms with Crippen LogP contribution in [-0.2, 0) is 10.0 Å². The number of nitrogens with one attached hydrogen (secondary N) is 1. The minimum Gasteiger partial charge on any atom is -0.396 e. The molecule has 4 unspecified atom stereocenters. The average molecular weight is 382 g/mol. The highest BCUT2D eigenvalue weighted by Gasteiger charge is 2.21. The fourth-order valence-corrected chi connectivity index (χ4v) is 4.14. The number of sulfonamides is 1. The summed E-state index contributed by atoms with van der Waals surface area (Å²) in [5, 5.41) is 8.86. The van der Waals surface area contributed by atoms with Gasteiger partial charge in [-0.15, -0.1) is 0 Å². The SMILES string of the molecule is C.C.C.CC1CCCCC1CNS(C)(=O)=O.CC1CCCCC1CO. The monoisotopic (exact) mass is 381 g/mol. The normalized spacial score (nSPS) is 29.0. The predicted molar refractivity (Wildman–Crippen MR) is 112 cm³/mol. The highest BCUT2D eigenvalue weighted by molar-refractivity contribution is 7.88. The van der Waals surface area contributed by atoms with Crippen LogP contribution in [0.25, 0.3) is 0 Å². The number of rotatable bonds is 4. The van der Waals surface area contributed by atoms with Crippen LogP contribution in [0.4, 0.5) is 0 Å². The van der Waals surface area contributed by atoms with Crippen molar-refractivity contribution >= 4 is 10.0 Å². The van der Waals surface area contributed by atoms with Crippen molar-refractivity contribution in [2.75, 3.05) is 19.4 Å². The molecule has 2 aliphatic rings. The summed E-state index contributed by atoms with van der Waals surface area (Å²) in [7, 11) is -3.00. The molecule has 0 amide bonds. The molecule has 0 aromatic rings. The molecule has 5 heteroatoms. The van der Waals surface area contributed by atoms with Crippen LogP contribution in [0.1, 0.15) is 87.5 Å². The van der Waals surface area contributed by atoms with E-state index in [4.69, 9.17) is 5.11 Å². The highest BCUT2D eigenvalue weighted by Crippen LogP contribution is 2.29. The van der Waals surface area contributed by atoms with Crippen molar-refractivity contribution in [2.24, 2.45) is 23.7 Å². The van der Waals surface area contributed by atoms with Gasteiger partial charge >= 0.3 is 0 Å². The smallest absolute Gasteiger partial charge is 0.208 e. The van der Waals surface area contributed by atoms with Crippen LogP contribution >= 0.6 is 0 Å². The molecule has 0 bridgehead atoms. The first kappa shape index (κ1) is 29.6. The predicted octanol–water partition coefficient (Wildman–Crippen LogP) is 5.08. The Morgan fingerprint density at radius 3 is 1.56 bits per heavy atom. The molecule has 0 saturated heterocycles. The third-order valence-electron chi connectivity index (χ3n) is 5.42. The summed E-state index contributed by atoms with van der Waals surface area (Å²) in [5.41, 5.74) is 0. The molecule has 2 N–H and O–H groups in total. The third kappa shape index (κ3) is 12.8. The van der Waals surface area contributed by atoms with E-state index in [-0.39, 0.29) is 22.3 Å². The topological polar surface area (TPSA) is 66.4 Å². The fraction of sp³-hybridized carbons (Fsp3) is 1.00. The molecule has 25 heavy (non-hydrogen) atoms. The lowest BCUT2D eigenvalue weighted by molar-refractivity contribution is 0.144. The van der Waals surface area contributed by atoms with Crippen molar-refractivity contribution in [3.8, 4) is 0 Å². The van der Waals surface area contributed by atoms with Crippen molar-refractivity contribution in [3.05, 3.63) is 0 Å². The maximum atomic E-state index is 10.9. The first-order valence-corrected chi connectivity index (χ1v) is 10.8. The van der Waals surface area contributed by atoms with Gasteiger partial charge in [0.1, 0.15) is 0 Å². The van der Waals surface area contributed by atoms with E-state index < -0.39 is 10.0 Å². The molecule has 0 radical (unpaired) electrons. The zero-order chi connectivity index (χ0) is 16.6. The summed E-state index contributed by atoms with van der Waals surface area (Å²) in [4.78, 5) is 0. The number of aliphatic hydroxyl groups excluding tert-OH is 1. The van der Waals surface area contributed by atoms with Crippen LogP contribution in [0.3, 0.4) is 0 Å². The Bertz CT molecular complexity index is 398. The molecule has 0 heterocycles. The number of hydrogen-bond acceptors (Lipinski definition) is 3. The highest BCUT2D eigenvalue weighted by atomic mass is 32.2. The molecule has 2 saturated carbocycles. The van der Waals surface area contributed by atoms with E-state index in [2.05, 4.69) is 18.6 Å². The second-order valence-electron chi connectivity index (χ2n) is 7.35. The maximum absolute atomic E-state index is 10.9. The van der Waals surface area contributed by atoms with Crippen LogP contribution in [0.2, 0.25) is 0 Å². The van der Waals surface area contributed by atoms with E-state index in [1.165, 1.54) is 57.6 Å². The summed E-state index contributed by atoms with van der Waals surface area (Å²) in [6.45, 7) is 5.50. The Morgan fingerprint density at radius 2 is 1.24 bits per heavy atom. The molecule has 4 atom stereocenters. The van der Waals surface area contributed by atoms with E-state index in [0.717, 1.165) is 5.92 Å². The summed E-state index contributed by atoms with van der Waals surface area (Å²) < 4.78 is 24.3. The number of aliphatic hydroxyl groups is 1. The van der Waals surface area contributed by atoms with Gasteiger partial charge in [0.2, 0.25) is 10.0 Å². The van der Waals surface area contributed by atoms with Gasteiger partial charge in [0.05, 0.1) is 6.26 Å². The molecule has 2 aliphatic carbocycles. The second kappa shape index (κ2) is 15.0. The van der Waals surface area contributed by atoms with E-state index in [0.29, 0.717) is 30.9 Å². The van der Waals surface area contributed by atoms with Crippen molar-refractivity contribution < 1.29 is 13.5 Å². The average Bonchev–Trinajstić information content (AvgIpc) is 2.47. The maximum Gasteiger partial charge on any atom is 0.208 e. The van der Waals surface area contributed by atoms with E-state index in [9.17, 15) is 8.42 Å². The molecule has 0 aromatic heterocycles. The Kier molecular flexibility index (Phi) is 17.8. The minimum atomic E-state index is -3.00. The first-order valence-electron chi connectivity index (χ1n) is 8.89. The van der Waals surface area contributed by atoms with Crippen LogP contribution < -0.4 is 4.72 Å². The van der Waals surface area contributed by atoms with Crippen molar-refractivity contribution in [3.63, 3.8) is 0 Å². The van der Waals surface area contributed by atoms with Gasteiger partial charge in [0.25, 0.3) is 0 Å². The molecule has 0 aliphatic heterocycles. The largest absolute Gasteiger partial charge is 0.396 e. The van der Waals surface area contributed by atoms with Crippen LogP contribution in [0.5, 0.6) is 0 Å². The van der Waals surface area contributed by atoms with Crippen LogP contribution in [0, 0.1) is 23.7 Å². The lowest BCUT2D eigenvalue weighted by Crippen LogP contribution is -2.32. The van der Waals surface area contributed by atoms with E-state index in [1.807, 2.05) is 0 Å². The standard InChI is InChI=1S/C9H19NO2S.C8H16O.3CH4/c1-8-5-3-4-6-9(8)7-10-13(2,11)12;1-7-4-2-3-5-8(7)6-9;;;/h8-10H,3-7H2,1-2H3;7-9H,2-6H2,1H3;3*1H4. The fourth-order valence-electron chi connectivity index (χ4n) is 3.62. The zero-order valence-electron chi connectivity index (χ0n) is 14.6. The summed E-state index contributed by atoms with van der Waals surface area (Å²) >= 11 is 0. The van der Waals surface area contributed by atoms with Gasteiger partial charge in [-0.25, -0.2) is 13.1 Å². The van der Waals surface area contributed by atoms with E-state index >= 15 is 0 Å². The van der Waals surface area contributed by atoms with Gasteiger partial charge in [0, 0.05) is 13.2 Å². The first-order chi connectivity index (χ1) is 10.3. The second-order valence-corrected chi connectivity index (χ2v) is 9.18. The molecule has 4 nitrogen and oxygen atoms in total. The molecular weight excluding hydrogens is 334 g/mol. The minimum absolute atomic E-state index is 0. The molecular formula is C20H47NO3S. The van der Waals surface area contributed by atoms with Crippen molar-refractivity contribution in [1.82, 2.24) is 4.72 Å². The van der Waals surface area contributed by atoms with E-state index in [1.54, 1.807) is 0 Å². The molecule has 2 fully saturated rings. The Morgan fingerprint density at radius 1 is 0.840 bits per heavy atom. The van der Waals surface area contributed by atoms with Gasteiger partial charge in [-0.05, 0) is 36.5 Å². The van der Waals surface area contributed by atoms with Gasteiger partial charge in [-0.1, -0.05) is 74.7 Å². The number of hydrogen-bond donors (Lipinski definition) is 2. The summed E-state index contributed by atoms with van der Waals surface area (Å²) in [6, 6.07) is 0. The van der Waals surface area contributed by atoms with Gasteiger partial charge in [-0.2, -0.15) is 0 Å². The lowest BCUT2D eigenvalue weighted by atomic mass is 9.81. The molecule has 0 spiro atoms. The zero-order valence-corrected chi connectivity index (χ0v) is 15.4. The van der Waals surface area contributed by atoms with Crippen LogP contribution in [0.15, 0.2) is 0 Å². The van der Waals surface area contributed by atoms with Crippen LogP contribution in [-0.4, -0.2) is 32.9 Å². The quantitative estimate of drug-likeness (QED) is 0.714. The molecule has 156 valence electrons. The lowest BCUT2D eigenvalue weighted by Gasteiger charge is -2.28. The van der Waals surface area contributed by atoms with Crippen molar-refractivity contribution in [1.29, 1.82) is 0 Å². The Balaban J connectivity index is -0.000000362. The summed E-state index contributed by atoms with van der Waals surface area (Å²) in [5.74, 6) is 2.59. The van der Waals surface area contributed by atoms with Gasteiger partial charge in [-0.3, -0.25) is 0 Å². The van der Waals surface area contributed by atoms with Crippen molar-refractivity contribution in [2.45, 2.75) is 87.5 Å².